The minimum absolute atomic E-state index is 0.298. The van der Waals surface area contributed by atoms with Crippen molar-refractivity contribution in [3.8, 4) is 0 Å². The third-order valence-corrected chi connectivity index (χ3v) is 3.35. The highest BCUT2D eigenvalue weighted by Gasteiger charge is 2.40. The standard InChI is InChI=1S/C14H19NO3/c1-5-14(13(17)18,15-11(4)16)12-8-6-7-9(2)10(12)3/h6-8H,5H2,1-4H3,(H,15,16)(H,17,18). The van der Waals surface area contributed by atoms with Crippen LogP contribution >= 0.6 is 0 Å². The second-order valence-electron chi connectivity index (χ2n) is 4.49. The van der Waals surface area contributed by atoms with Crippen LogP contribution in [0.4, 0.5) is 0 Å². The zero-order valence-corrected chi connectivity index (χ0v) is 11.2. The summed E-state index contributed by atoms with van der Waals surface area (Å²) in [6, 6.07) is 5.50. The van der Waals surface area contributed by atoms with Gasteiger partial charge in [0.2, 0.25) is 5.91 Å². The maximum absolute atomic E-state index is 11.6. The Bertz CT molecular complexity index is 482. The molecule has 1 amide bonds. The summed E-state index contributed by atoms with van der Waals surface area (Å²) in [7, 11) is 0. The van der Waals surface area contributed by atoms with Crippen LogP contribution in [0, 0.1) is 13.8 Å². The van der Waals surface area contributed by atoms with Crippen molar-refractivity contribution in [3.63, 3.8) is 0 Å². The average molecular weight is 249 g/mol. The molecule has 0 saturated carbocycles. The summed E-state index contributed by atoms with van der Waals surface area (Å²) < 4.78 is 0. The lowest BCUT2D eigenvalue weighted by Crippen LogP contribution is -2.51. The van der Waals surface area contributed by atoms with Crippen LogP contribution in [0.3, 0.4) is 0 Å². The summed E-state index contributed by atoms with van der Waals surface area (Å²) in [4.78, 5) is 23.0. The molecule has 0 spiro atoms. The minimum Gasteiger partial charge on any atom is -0.479 e. The minimum atomic E-state index is -1.35. The van der Waals surface area contributed by atoms with E-state index in [4.69, 9.17) is 0 Å². The molecule has 0 radical (unpaired) electrons. The van der Waals surface area contributed by atoms with Crippen LogP contribution in [0.25, 0.3) is 0 Å². The van der Waals surface area contributed by atoms with Gasteiger partial charge in [-0.1, -0.05) is 25.1 Å². The molecule has 1 rings (SSSR count). The highest BCUT2D eigenvalue weighted by molar-refractivity contribution is 5.87. The van der Waals surface area contributed by atoms with E-state index in [-0.39, 0.29) is 5.91 Å². The first-order chi connectivity index (χ1) is 8.35. The molecule has 0 heterocycles. The number of carboxylic acid groups (broad SMARTS) is 1. The van der Waals surface area contributed by atoms with E-state index in [1.807, 2.05) is 26.0 Å². The van der Waals surface area contributed by atoms with Crippen molar-refractivity contribution in [3.05, 3.63) is 34.9 Å². The molecule has 4 heteroatoms. The molecule has 0 aliphatic carbocycles. The Labute approximate surface area is 107 Å². The molecule has 2 N–H and O–H groups in total. The molecular formula is C14H19NO3. The molecule has 0 aromatic heterocycles. The molecule has 1 atom stereocenters. The predicted molar refractivity (Wildman–Crippen MR) is 69.3 cm³/mol. The Hall–Kier alpha value is -1.84. The van der Waals surface area contributed by atoms with E-state index >= 15 is 0 Å². The van der Waals surface area contributed by atoms with Crippen LogP contribution in [0.5, 0.6) is 0 Å². The van der Waals surface area contributed by atoms with Crippen LogP contribution < -0.4 is 5.32 Å². The number of aliphatic carboxylic acids is 1. The summed E-state index contributed by atoms with van der Waals surface area (Å²) in [5, 5.41) is 12.1. The topological polar surface area (TPSA) is 66.4 Å². The lowest BCUT2D eigenvalue weighted by molar-refractivity contribution is -0.148. The molecule has 0 bridgehead atoms. The fraction of sp³-hybridized carbons (Fsp3) is 0.429. The van der Waals surface area contributed by atoms with Gasteiger partial charge in [-0.2, -0.15) is 0 Å². The molecule has 98 valence electrons. The largest absolute Gasteiger partial charge is 0.479 e. The Kier molecular flexibility index (Phi) is 4.11. The van der Waals surface area contributed by atoms with Gasteiger partial charge in [-0.25, -0.2) is 4.79 Å². The molecule has 0 saturated heterocycles. The van der Waals surface area contributed by atoms with Gasteiger partial charge in [0.1, 0.15) is 0 Å². The first kappa shape index (κ1) is 14.2. The fourth-order valence-corrected chi connectivity index (χ4v) is 2.18. The molecule has 1 unspecified atom stereocenters. The van der Waals surface area contributed by atoms with E-state index in [0.717, 1.165) is 11.1 Å². The molecule has 0 aliphatic heterocycles. The summed E-state index contributed by atoms with van der Waals surface area (Å²) in [6.45, 7) is 6.89. The van der Waals surface area contributed by atoms with Gasteiger partial charge in [-0.05, 0) is 37.0 Å². The number of amides is 1. The molecule has 1 aromatic rings. The zero-order chi connectivity index (χ0) is 13.9. The summed E-state index contributed by atoms with van der Waals surface area (Å²) >= 11 is 0. The quantitative estimate of drug-likeness (QED) is 0.859. The van der Waals surface area contributed by atoms with Crippen molar-refractivity contribution in [2.24, 2.45) is 0 Å². The summed E-state index contributed by atoms with van der Waals surface area (Å²) in [5.41, 5.74) is 1.21. The summed E-state index contributed by atoms with van der Waals surface area (Å²) in [5.74, 6) is -1.38. The van der Waals surface area contributed by atoms with E-state index in [2.05, 4.69) is 5.32 Å². The van der Waals surface area contributed by atoms with Gasteiger partial charge in [0.25, 0.3) is 0 Å². The summed E-state index contributed by atoms with van der Waals surface area (Å²) in [6.07, 6.45) is 0.298. The van der Waals surface area contributed by atoms with Crippen LogP contribution in [0.1, 0.15) is 37.0 Å². The maximum Gasteiger partial charge on any atom is 0.334 e. The first-order valence-corrected chi connectivity index (χ1v) is 5.94. The molecule has 4 nitrogen and oxygen atoms in total. The molecule has 0 aliphatic rings. The fourth-order valence-electron chi connectivity index (χ4n) is 2.18. The van der Waals surface area contributed by atoms with E-state index in [1.165, 1.54) is 6.92 Å². The normalized spacial score (nSPS) is 13.8. The Balaban J connectivity index is 3.47. The van der Waals surface area contributed by atoms with Crippen molar-refractivity contribution in [2.45, 2.75) is 39.7 Å². The van der Waals surface area contributed by atoms with Crippen molar-refractivity contribution in [1.82, 2.24) is 5.32 Å². The molecule has 18 heavy (non-hydrogen) atoms. The zero-order valence-electron chi connectivity index (χ0n) is 11.2. The van der Waals surface area contributed by atoms with Gasteiger partial charge in [0.05, 0.1) is 0 Å². The van der Waals surface area contributed by atoms with Crippen molar-refractivity contribution in [1.29, 1.82) is 0 Å². The highest BCUT2D eigenvalue weighted by atomic mass is 16.4. The van der Waals surface area contributed by atoms with E-state index < -0.39 is 11.5 Å². The average Bonchev–Trinajstić information content (AvgIpc) is 2.29. The van der Waals surface area contributed by atoms with Crippen LogP contribution in [-0.2, 0) is 15.1 Å². The van der Waals surface area contributed by atoms with E-state index in [1.54, 1.807) is 13.0 Å². The predicted octanol–water partition coefficient (Wildman–Crippen LogP) is 2.13. The monoisotopic (exact) mass is 249 g/mol. The lowest BCUT2D eigenvalue weighted by atomic mass is 9.83. The van der Waals surface area contributed by atoms with E-state index in [9.17, 15) is 14.7 Å². The van der Waals surface area contributed by atoms with E-state index in [0.29, 0.717) is 12.0 Å². The van der Waals surface area contributed by atoms with Gasteiger partial charge in [-0.15, -0.1) is 0 Å². The number of hydrogen-bond acceptors (Lipinski definition) is 2. The van der Waals surface area contributed by atoms with Crippen LogP contribution in [0.15, 0.2) is 18.2 Å². The Morgan fingerprint density at radius 3 is 2.39 bits per heavy atom. The molecular weight excluding hydrogens is 230 g/mol. The van der Waals surface area contributed by atoms with Crippen LogP contribution in [0.2, 0.25) is 0 Å². The number of rotatable bonds is 4. The number of carbonyl (C=O) groups excluding carboxylic acids is 1. The van der Waals surface area contributed by atoms with Crippen LogP contribution in [-0.4, -0.2) is 17.0 Å². The smallest absolute Gasteiger partial charge is 0.334 e. The number of carbonyl (C=O) groups is 2. The molecule has 0 fully saturated rings. The van der Waals surface area contributed by atoms with Gasteiger partial charge >= 0.3 is 5.97 Å². The van der Waals surface area contributed by atoms with Crippen molar-refractivity contribution in [2.75, 3.05) is 0 Å². The molecule has 1 aromatic carbocycles. The van der Waals surface area contributed by atoms with Crippen molar-refractivity contribution < 1.29 is 14.7 Å². The number of nitrogens with one attached hydrogen (secondary N) is 1. The number of carboxylic acids is 1. The third kappa shape index (κ3) is 2.37. The van der Waals surface area contributed by atoms with Gasteiger partial charge < -0.3 is 10.4 Å². The SMILES string of the molecule is CCC(NC(C)=O)(C(=O)O)c1cccc(C)c1C. The lowest BCUT2D eigenvalue weighted by Gasteiger charge is -2.31. The second kappa shape index (κ2) is 5.21. The van der Waals surface area contributed by atoms with Gasteiger partial charge in [0, 0.05) is 6.92 Å². The van der Waals surface area contributed by atoms with Crippen molar-refractivity contribution >= 4 is 11.9 Å². The van der Waals surface area contributed by atoms with Gasteiger partial charge in [-0.3, -0.25) is 4.79 Å². The number of hydrogen-bond donors (Lipinski definition) is 2. The number of benzene rings is 1. The van der Waals surface area contributed by atoms with Gasteiger partial charge in [0.15, 0.2) is 5.54 Å². The Morgan fingerprint density at radius 2 is 1.94 bits per heavy atom. The Morgan fingerprint density at radius 1 is 1.33 bits per heavy atom. The second-order valence-corrected chi connectivity index (χ2v) is 4.49. The maximum atomic E-state index is 11.6. The first-order valence-electron chi connectivity index (χ1n) is 5.94. The number of aryl methyl sites for hydroxylation is 1. The highest BCUT2D eigenvalue weighted by Crippen LogP contribution is 2.29. The third-order valence-electron chi connectivity index (χ3n) is 3.35.